The smallest absolute Gasteiger partial charge is 0.254 e. The van der Waals surface area contributed by atoms with Gasteiger partial charge in [0.2, 0.25) is 0 Å². The quantitative estimate of drug-likeness (QED) is 0.593. The highest BCUT2D eigenvalue weighted by Gasteiger charge is 2.32. The average molecular weight is 377 g/mol. The third-order valence-corrected chi connectivity index (χ3v) is 5.02. The maximum Gasteiger partial charge on any atom is 0.254 e. The van der Waals surface area contributed by atoms with Crippen LogP contribution in [0.25, 0.3) is 16.7 Å². The first-order valence-electron chi connectivity index (χ1n) is 8.98. The lowest BCUT2D eigenvalue weighted by molar-refractivity contribution is 0.0730. The number of hydrogen-bond acceptors (Lipinski definition) is 5. The predicted octanol–water partition coefficient (Wildman–Crippen LogP) is 2.66. The van der Waals surface area contributed by atoms with Gasteiger partial charge in [-0.3, -0.25) is 4.79 Å². The molecular formula is C19H16FN7O. The first-order chi connectivity index (χ1) is 13.7. The lowest BCUT2D eigenvalue weighted by Crippen LogP contribution is -2.31. The number of likely N-dealkylation sites (tertiary alicyclic amines) is 1. The van der Waals surface area contributed by atoms with Crippen molar-refractivity contribution in [2.45, 2.75) is 18.9 Å². The minimum Gasteiger partial charge on any atom is -0.340 e. The van der Waals surface area contributed by atoms with Gasteiger partial charge in [0.05, 0.1) is 22.8 Å². The van der Waals surface area contributed by atoms with Crippen molar-refractivity contribution >= 4 is 16.9 Å². The number of aromatic amines is 1. The van der Waals surface area contributed by atoms with E-state index in [4.69, 9.17) is 0 Å². The van der Waals surface area contributed by atoms with E-state index in [1.54, 1.807) is 30.3 Å². The molecule has 2 aromatic heterocycles. The standard InChI is InChI=1S/C19H16FN7O/c20-13-5-8-15-16(10-13)23-18(22-15)17-2-1-9-26(17)19(28)12-3-6-14(7-4-12)27-11-21-24-25-27/h3-8,10-11,17H,1-2,9H2,(H,22,23). The minimum atomic E-state index is -0.315. The van der Waals surface area contributed by atoms with E-state index in [1.807, 2.05) is 4.90 Å². The van der Waals surface area contributed by atoms with Crippen LogP contribution in [0.1, 0.15) is 35.1 Å². The van der Waals surface area contributed by atoms with Gasteiger partial charge in [-0.1, -0.05) is 0 Å². The molecule has 1 unspecified atom stereocenters. The van der Waals surface area contributed by atoms with E-state index in [9.17, 15) is 9.18 Å². The Morgan fingerprint density at radius 3 is 2.82 bits per heavy atom. The maximum absolute atomic E-state index is 13.5. The van der Waals surface area contributed by atoms with Crippen LogP contribution >= 0.6 is 0 Å². The summed E-state index contributed by atoms with van der Waals surface area (Å²) in [6, 6.07) is 11.4. The van der Waals surface area contributed by atoms with Gasteiger partial charge in [0.1, 0.15) is 18.0 Å². The highest BCUT2D eigenvalue weighted by atomic mass is 19.1. The Kier molecular flexibility index (Phi) is 3.85. The summed E-state index contributed by atoms with van der Waals surface area (Å²) >= 11 is 0. The van der Waals surface area contributed by atoms with Crippen LogP contribution in [0.5, 0.6) is 0 Å². The molecular weight excluding hydrogens is 361 g/mol. The molecule has 1 amide bonds. The molecule has 140 valence electrons. The molecule has 0 radical (unpaired) electrons. The lowest BCUT2D eigenvalue weighted by Gasteiger charge is -2.23. The number of imidazole rings is 1. The SMILES string of the molecule is O=C(c1ccc(-n2cnnn2)cc1)N1CCCC1c1nc2ccc(F)cc2[nH]1. The van der Waals surface area contributed by atoms with Crippen LogP contribution in [-0.2, 0) is 0 Å². The van der Waals surface area contributed by atoms with Crippen molar-refractivity contribution in [3.05, 3.63) is 66.0 Å². The van der Waals surface area contributed by atoms with Crippen molar-refractivity contribution in [1.82, 2.24) is 35.1 Å². The molecule has 8 nitrogen and oxygen atoms in total. The van der Waals surface area contributed by atoms with Crippen LogP contribution in [0.3, 0.4) is 0 Å². The van der Waals surface area contributed by atoms with Gasteiger partial charge >= 0.3 is 0 Å². The number of carbonyl (C=O) groups excluding carboxylic acids is 1. The topological polar surface area (TPSA) is 92.6 Å². The number of halogens is 1. The zero-order valence-electron chi connectivity index (χ0n) is 14.8. The molecule has 1 N–H and O–H groups in total. The van der Waals surface area contributed by atoms with E-state index in [-0.39, 0.29) is 17.8 Å². The third kappa shape index (κ3) is 2.81. The summed E-state index contributed by atoms with van der Waals surface area (Å²) in [6.45, 7) is 0.656. The Hall–Kier alpha value is -3.62. The second-order valence-corrected chi connectivity index (χ2v) is 6.74. The number of tetrazole rings is 1. The third-order valence-electron chi connectivity index (χ3n) is 5.02. The molecule has 5 rings (SSSR count). The van der Waals surface area contributed by atoms with E-state index in [0.29, 0.717) is 29.0 Å². The van der Waals surface area contributed by atoms with Crippen LogP contribution < -0.4 is 0 Å². The van der Waals surface area contributed by atoms with Gasteiger partial charge in [-0.05, 0) is 65.7 Å². The monoisotopic (exact) mass is 377 g/mol. The van der Waals surface area contributed by atoms with Gasteiger partial charge < -0.3 is 9.88 Å². The molecule has 1 fully saturated rings. The molecule has 1 atom stereocenters. The lowest BCUT2D eigenvalue weighted by atomic mass is 10.1. The number of H-pyrrole nitrogens is 1. The average Bonchev–Trinajstić information content (AvgIpc) is 3.46. The predicted molar refractivity (Wildman–Crippen MR) is 98.2 cm³/mol. The van der Waals surface area contributed by atoms with E-state index in [0.717, 1.165) is 18.5 Å². The van der Waals surface area contributed by atoms with Crippen molar-refractivity contribution in [1.29, 1.82) is 0 Å². The van der Waals surface area contributed by atoms with Crippen LogP contribution in [0.4, 0.5) is 4.39 Å². The largest absolute Gasteiger partial charge is 0.340 e. The van der Waals surface area contributed by atoms with Crippen LogP contribution in [-0.4, -0.2) is 47.5 Å². The normalized spacial score (nSPS) is 16.8. The van der Waals surface area contributed by atoms with Gasteiger partial charge in [-0.25, -0.2) is 14.1 Å². The molecule has 0 saturated carbocycles. The molecule has 1 aliphatic rings. The molecule has 9 heteroatoms. The van der Waals surface area contributed by atoms with Gasteiger partial charge in [0.15, 0.2) is 0 Å². The highest BCUT2D eigenvalue weighted by Crippen LogP contribution is 2.32. The molecule has 0 aliphatic carbocycles. The number of nitrogens with zero attached hydrogens (tertiary/aromatic N) is 6. The van der Waals surface area contributed by atoms with Crippen molar-refractivity contribution < 1.29 is 9.18 Å². The summed E-state index contributed by atoms with van der Waals surface area (Å²) in [5.74, 6) is 0.318. The molecule has 1 saturated heterocycles. The van der Waals surface area contributed by atoms with Crippen molar-refractivity contribution in [2.24, 2.45) is 0 Å². The van der Waals surface area contributed by atoms with E-state index in [1.165, 1.54) is 23.1 Å². The number of carbonyl (C=O) groups is 1. The zero-order chi connectivity index (χ0) is 19.1. The van der Waals surface area contributed by atoms with E-state index < -0.39 is 0 Å². The molecule has 0 bridgehead atoms. The summed E-state index contributed by atoms with van der Waals surface area (Å²) < 4.78 is 15.0. The van der Waals surface area contributed by atoms with Crippen LogP contribution in [0, 0.1) is 5.82 Å². The fraction of sp³-hybridized carbons (Fsp3) is 0.211. The molecule has 0 spiro atoms. The summed E-state index contributed by atoms with van der Waals surface area (Å²) in [5.41, 5.74) is 2.70. The number of amides is 1. The molecule has 3 heterocycles. The second kappa shape index (κ2) is 6.52. The van der Waals surface area contributed by atoms with Gasteiger partial charge in [-0.2, -0.15) is 0 Å². The molecule has 28 heavy (non-hydrogen) atoms. The van der Waals surface area contributed by atoms with E-state index in [2.05, 4.69) is 25.5 Å². The first kappa shape index (κ1) is 16.5. The number of hydrogen-bond donors (Lipinski definition) is 1. The number of rotatable bonds is 3. The van der Waals surface area contributed by atoms with Crippen LogP contribution in [0.15, 0.2) is 48.8 Å². The number of aromatic nitrogens is 6. The highest BCUT2D eigenvalue weighted by molar-refractivity contribution is 5.95. The van der Waals surface area contributed by atoms with Gasteiger partial charge in [-0.15, -0.1) is 5.10 Å². The number of nitrogens with one attached hydrogen (secondary N) is 1. The Labute approximate surface area is 159 Å². The molecule has 4 aromatic rings. The van der Waals surface area contributed by atoms with Crippen molar-refractivity contribution in [2.75, 3.05) is 6.54 Å². The first-order valence-corrected chi connectivity index (χ1v) is 8.98. The van der Waals surface area contributed by atoms with Gasteiger partial charge in [0.25, 0.3) is 5.91 Å². The Bertz CT molecular complexity index is 1140. The van der Waals surface area contributed by atoms with Crippen molar-refractivity contribution in [3.8, 4) is 5.69 Å². The fourth-order valence-electron chi connectivity index (χ4n) is 3.66. The molecule has 2 aromatic carbocycles. The van der Waals surface area contributed by atoms with E-state index >= 15 is 0 Å². The fourth-order valence-corrected chi connectivity index (χ4v) is 3.66. The second-order valence-electron chi connectivity index (χ2n) is 6.74. The summed E-state index contributed by atoms with van der Waals surface area (Å²) in [7, 11) is 0. The van der Waals surface area contributed by atoms with Crippen molar-refractivity contribution in [3.63, 3.8) is 0 Å². The van der Waals surface area contributed by atoms with Gasteiger partial charge in [0, 0.05) is 12.1 Å². The Morgan fingerprint density at radius 1 is 1.18 bits per heavy atom. The zero-order valence-corrected chi connectivity index (χ0v) is 14.8. The summed E-state index contributed by atoms with van der Waals surface area (Å²) in [4.78, 5) is 22.6. The maximum atomic E-state index is 13.5. The number of fused-ring (bicyclic) bond motifs is 1. The summed E-state index contributed by atoms with van der Waals surface area (Å²) in [6.07, 6.45) is 3.21. The Balaban J connectivity index is 1.41. The molecule has 1 aliphatic heterocycles. The Morgan fingerprint density at radius 2 is 2.04 bits per heavy atom. The summed E-state index contributed by atoms with van der Waals surface area (Å²) in [5, 5.41) is 11.1. The van der Waals surface area contributed by atoms with Crippen LogP contribution in [0.2, 0.25) is 0 Å². The minimum absolute atomic E-state index is 0.0580. The number of benzene rings is 2.